The number of pyridine rings is 1. The third-order valence-electron chi connectivity index (χ3n) is 4.03. The van der Waals surface area contributed by atoms with Gasteiger partial charge in [-0.25, -0.2) is 4.98 Å². The molecular weight excluding hydrogens is 288 g/mol. The number of hydrogen-bond acceptors (Lipinski definition) is 3. The number of nitrogens with one attached hydrogen (secondary N) is 1. The predicted molar refractivity (Wildman–Crippen MR) is 82.4 cm³/mol. The standard InChI is InChI=1S/C16H17ClN2O2/c17-12-6-4-10-5-7-13(19-14(10)8-12)16(21)18-9-11-2-1-3-15(11)20/h4-8,11,15,20H,1-3,9H2,(H,18,21). The van der Waals surface area contributed by atoms with Gasteiger partial charge < -0.3 is 10.4 Å². The quantitative estimate of drug-likeness (QED) is 0.916. The average molecular weight is 305 g/mol. The van der Waals surface area contributed by atoms with Gasteiger partial charge >= 0.3 is 0 Å². The highest BCUT2D eigenvalue weighted by Gasteiger charge is 2.25. The number of amides is 1. The van der Waals surface area contributed by atoms with E-state index in [1.807, 2.05) is 12.1 Å². The molecule has 1 amide bonds. The smallest absolute Gasteiger partial charge is 0.269 e. The molecule has 2 atom stereocenters. The Morgan fingerprint density at radius 2 is 2.14 bits per heavy atom. The lowest BCUT2D eigenvalue weighted by molar-refractivity contribution is 0.0912. The van der Waals surface area contributed by atoms with Crippen molar-refractivity contribution in [2.45, 2.75) is 25.4 Å². The predicted octanol–water partition coefficient (Wildman–Crippen LogP) is 2.78. The van der Waals surface area contributed by atoms with Crippen molar-refractivity contribution in [1.29, 1.82) is 0 Å². The van der Waals surface area contributed by atoms with Crippen LogP contribution in [-0.4, -0.2) is 28.6 Å². The van der Waals surface area contributed by atoms with E-state index in [-0.39, 0.29) is 17.9 Å². The molecule has 1 aliphatic carbocycles. The van der Waals surface area contributed by atoms with Crippen LogP contribution in [0.3, 0.4) is 0 Å². The van der Waals surface area contributed by atoms with Crippen LogP contribution in [0.4, 0.5) is 0 Å². The minimum absolute atomic E-state index is 0.156. The zero-order chi connectivity index (χ0) is 14.8. The summed E-state index contributed by atoms with van der Waals surface area (Å²) in [5.41, 5.74) is 1.08. The maximum absolute atomic E-state index is 12.1. The summed E-state index contributed by atoms with van der Waals surface area (Å²) in [4.78, 5) is 16.5. The molecule has 1 aromatic heterocycles. The second-order valence-electron chi connectivity index (χ2n) is 5.50. The minimum Gasteiger partial charge on any atom is -0.393 e. The normalized spacial score (nSPS) is 21.6. The number of hydrogen-bond donors (Lipinski definition) is 2. The summed E-state index contributed by atoms with van der Waals surface area (Å²) in [6, 6.07) is 8.98. The maximum atomic E-state index is 12.1. The number of fused-ring (bicyclic) bond motifs is 1. The fraction of sp³-hybridized carbons (Fsp3) is 0.375. The van der Waals surface area contributed by atoms with Crippen LogP contribution < -0.4 is 5.32 Å². The van der Waals surface area contributed by atoms with Gasteiger partial charge in [0.15, 0.2) is 0 Å². The van der Waals surface area contributed by atoms with Crippen LogP contribution in [-0.2, 0) is 0 Å². The molecule has 0 saturated heterocycles. The van der Waals surface area contributed by atoms with Gasteiger partial charge in [-0.3, -0.25) is 4.79 Å². The number of carbonyl (C=O) groups is 1. The number of carbonyl (C=O) groups excluding carboxylic acids is 1. The van der Waals surface area contributed by atoms with Crippen molar-refractivity contribution in [3.63, 3.8) is 0 Å². The molecule has 0 radical (unpaired) electrons. The Bertz CT molecular complexity index is 674. The first kappa shape index (κ1) is 14.3. The Morgan fingerprint density at radius 1 is 1.33 bits per heavy atom. The number of halogens is 1. The molecule has 1 saturated carbocycles. The number of rotatable bonds is 3. The summed E-state index contributed by atoms with van der Waals surface area (Å²) in [7, 11) is 0. The van der Waals surface area contributed by atoms with Gasteiger partial charge in [0.1, 0.15) is 5.69 Å². The van der Waals surface area contributed by atoms with Crippen LogP contribution in [0, 0.1) is 5.92 Å². The van der Waals surface area contributed by atoms with Crippen molar-refractivity contribution >= 4 is 28.4 Å². The lowest BCUT2D eigenvalue weighted by Crippen LogP contribution is -2.32. The van der Waals surface area contributed by atoms with E-state index >= 15 is 0 Å². The molecule has 1 heterocycles. The summed E-state index contributed by atoms with van der Waals surface area (Å²) in [6.45, 7) is 0.495. The van der Waals surface area contributed by atoms with Crippen LogP contribution in [0.1, 0.15) is 29.8 Å². The first-order valence-electron chi connectivity index (χ1n) is 7.16. The van der Waals surface area contributed by atoms with E-state index in [2.05, 4.69) is 10.3 Å². The fourth-order valence-electron chi connectivity index (χ4n) is 2.79. The summed E-state index contributed by atoms with van der Waals surface area (Å²) in [5, 5.41) is 14.2. The number of aromatic nitrogens is 1. The van der Waals surface area contributed by atoms with Gasteiger partial charge in [0.2, 0.25) is 0 Å². The minimum atomic E-state index is -0.298. The number of benzene rings is 1. The van der Waals surface area contributed by atoms with E-state index in [1.54, 1.807) is 18.2 Å². The van der Waals surface area contributed by atoms with Gasteiger partial charge in [0, 0.05) is 22.9 Å². The van der Waals surface area contributed by atoms with Crippen LogP contribution >= 0.6 is 11.6 Å². The van der Waals surface area contributed by atoms with Crippen molar-refractivity contribution in [2.75, 3.05) is 6.54 Å². The molecular formula is C16H17ClN2O2. The van der Waals surface area contributed by atoms with Crippen molar-refractivity contribution in [3.8, 4) is 0 Å². The lowest BCUT2D eigenvalue weighted by atomic mass is 10.1. The maximum Gasteiger partial charge on any atom is 0.269 e. The highest BCUT2D eigenvalue weighted by molar-refractivity contribution is 6.31. The van der Waals surface area contributed by atoms with Gasteiger partial charge in [-0.15, -0.1) is 0 Å². The fourth-order valence-corrected chi connectivity index (χ4v) is 2.95. The molecule has 2 N–H and O–H groups in total. The molecule has 110 valence electrons. The molecule has 1 aromatic carbocycles. The van der Waals surface area contributed by atoms with E-state index in [9.17, 15) is 9.90 Å². The highest BCUT2D eigenvalue weighted by atomic mass is 35.5. The van der Waals surface area contributed by atoms with Crippen LogP contribution in [0.5, 0.6) is 0 Å². The van der Waals surface area contributed by atoms with Crippen molar-refractivity contribution in [2.24, 2.45) is 5.92 Å². The molecule has 1 fully saturated rings. The SMILES string of the molecule is O=C(NCC1CCCC1O)c1ccc2ccc(Cl)cc2n1. The third-order valence-corrected chi connectivity index (χ3v) is 4.27. The van der Waals surface area contributed by atoms with Crippen molar-refractivity contribution < 1.29 is 9.90 Å². The van der Waals surface area contributed by atoms with Gasteiger partial charge in [-0.2, -0.15) is 0 Å². The summed E-state index contributed by atoms with van der Waals surface area (Å²) in [5.74, 6) is -0.0557. The second-order valence-corrected chi connectivity index (χ2v) is 5.94. The summed E-state index contributed by atoms with van der Waals surface area (Å²) in [6.07, 6.45) is 2.51. The molecule has 5 heteroatoms. The molecule has 0 bridgehead atoms. The number of nitrogens with zero attached hydrogens (tertiary/aromatic N) is 1. The zero-order valence-corrected chi connectivity index (χ0v) is 12.3. The van der Waals surface area contributed by atoms with E-state index in [1.165, 1.54) is 0 Å². The molecule has 2 aromatic rings. The van der Waals surface area contributed by atoms with Gasteiger partial charge in [0.25, 0.3) is 5.91 Å². The zero-order valence-electron chi connectivity index (χ0n) is 11.6. The molecule has 21 heavy (non-hydrogen) atoms. The number of aliphatic hydroxyl groups excluding tert-OH is 1. The molecule has 0 spiro atoms. The van der Waals surface area contributed by atoms with E-state index in [0.29, 0.717) is 22.8 Å². The lowest BCUT2D eigenvalue weighted by Gasteiger charge is -2.14. The molecule has 2 unspecified atom stereocenters. The van der Waals surface area contributed by atoms with Crippen LogP contribution in [0.25, 0.3) is 10.9 Å². The average Bonchev–Trinajstić information content (AvgIpc) is 2.89. The monoisotopic (exact) mass is 304 g/mol. The Labute approximate surface area is 128 Å². The largest absolute Gasteiger partial charge is 0.393 e. The Balaban J connectivity index is 1.72. The molecule has 3 rings (SSSR count). The van der Waals surface area contributed by atoms with Crippen LogP contribution in [0.15, 0.2) is 30.3 Å². The van der Waals surface area contributed by atoms with E-state index < -0.39 is 0 Å². The van der Waals surface area contributed by atoms with Crippen molar-refractivity contribution in [3.05, 3.63) is 41.0 Å². The topological polar surface area (TPSA) is 62.2 Å². The Hall–Kier alpha value is -1.65. The molecule has 0 aliphatic heterocycles. The Kier molecular flexibility index (Phi) is 4.08. The number of aliphatic hydroxyl groups is 1. The van der Waals surface area contributed by atoms with Crippen molar-refractivity contribution in [1.82, 2.24) is 10.3 Å². The first-order chi connectivity index (χ1) is 10.1. The van der Waals surface area contributed by atoms with Gasteiger partial charge in [-0.1, -0.05) is 30.2 Å². The second kappa shape index (κ2) is 6.00. The van der Waals surface area contributed by atoms with E-state index in [0.717, 1.165) is 24.6 Å². The summed E-state index contributed by atoms with van der Waals surface area (Å²) < 4.78 is 0. The first-order valence-corrected chi connectivity index (χ1v) is 7.54. The summed E-state index contributed by atoms with van der Waals surface area (Å²) >= 11 is 5.95. The van der Waals surface area contributed by atoms with Crippen LogP contribution in [0.2, 0.25) is 5.02 Å². The molecule has 4 nitrogen and oxygen atoms in total. The van der Waals surface area contributed by atoms with Gasteiger partial charge in [-0.05, 0) is 31.0 Å². The highest BCUT2D eigenvalue weighted by Crippen LogP contribution is 2.24. The molecule has 1 aliphatic rings. The third kappa shape index (κ3) is 3.17. The van der Waals surface area contributed by atoms with Gasteiger partial charge in [0.05, 0.1) is 11.6 Å². The Morgan fingerprint density at radius 3 is 2.90 bits per heavy atom. The van der Waals surface area contributed by atoms with E-state index in [4.69, 9.17) is 11.6 Å².